The third-order valence-electron chi connectivity index (χ3n) is 6.36. The zero-order valence-corrected chi connectivity index (χ0v) is 18.9. The van der Waals surface area contributed by atoms with Gasteiger partial charge in [-0.3, -0.25) is 9.63 Å². The van der Waals surface area contributed by atoms with E-state index in [1.54, 1.807) is 0 Å². The molecule has 3 N–H and O–H groups in total. The highest BCUT2D eigenvalue weighted by molar-refractivity contribution is 5.80. The van der Waals surface area contributed by atoms with E-state index in [-0.39, 0.29) is 25.2 Å². The van der Waals surface area contributed by atoms with Gasteiger partial charge in [-0.1, -0.05) is 48.5 Å². The van der Waals surface area contributed by atoms with Gasteiger partial charge >= 0.3 is 12.1 Å². The average molecular weight is 469 g/mol. The SMILES string of the molecule is COCC(ONC(=O)[C@H]1CC[C@@H](NC(=O)OCC2c3ccccc3-c3ccccc32)C1)C(=O)O. The molecule has 0 spiro atoms. The molecule has 0 saturated heterocycles. The Kier molecular flexibility index (Phi) is 7.44. The number of benzene rings is 2. The van der Waals surface area contributed by atoms with Crippen molar-refractivity contribution < 1.29 is 33.8 Å². The first-order chi connectivity index (χ1) is 16.5. The van der Waals surface area contributed by atoms with E-state index in [2.05, 4.69) is 35.1 Å². The lowest BCUT2D eigenvalue weighted by atomic mass is 9.98. The van der Waals surface area contributed by atoms with Crippen molar-refractivity contribution in [2.24, 2.45) is 5.92 Å². The molecule has 3 atom stereocenters. The molecule has 2 aromatic carbocycles. The number of alkyl carbamates (subject to hydrolysis) is 1. The van der Waals surface area contributed by atoms with Gasteiger partial charge in [0.05, 0.1) is 6.61 Å². The number of aliphatic carboxylic acids is 1. The van der Waals surface area contributed by atoms with Crippen LogP contribution in [-0.2, 0) is 23.9 Å². The number of carbonyl (C=O) groups is 3. The molecular formula is C25H28N2O7. The van der Waals surface area contributed by atoms with Gasteiger partial charge in [0, 0.05) is 25.0 Å². The molecule has 0 radical (unpaired) electrons. The Balaban J connectivity index is 1.26. The van der Waals surface area contributed by atoms with E-state index >= 15 is 0 Å². The molecule has 0 aliphatic heterocycles. The van der Waals surface area contributed by atoms with E-state index in [9.17, 15) is 14.4 Å². The van der Waals surface area contributed by atoms with Crippen molar-refractivity contribution >= 4 is 18.0 Å². The topological polar surface area (TPSA) is 123 Å². The van der Waals surface area contributed by atoms with E-state index in [0.29, 0.717) is 19.3 Å². The van der Waals surface area contributed by atoms with Crippen molar-refractivity contribution in [2.75, 3.05) is 20.3 Å². The van der Waals surface area contributed by atoms with Gasteiger partial charge in [-0.2, -0.15) is 0 Å². The summed E-state index contributed by atoms with van der Waals surface area (Å²) in [6, 6.07) is 16.0. The van der Waals surface area contributed by atoms with Gasteiger partial charge in [-0.05, 0) is 41.5 Å². The van der Waals surface area contributed by atoms with Crippen molar-refractivity contribution in [3.05, 3.63) is 59.7 Å². The first kappa shape index (κ1) is 23.7. The summed E-state index contributed by atoms with van der Waals surface area (Å²) in [5.74, 6) is -2.06. The lowest BCUT2D eigenvalue weighted by Gasteiger charge is -2.17. The molecule has 180 valence electrons. The van der Waals surface area contributed by atoms with Crippen LogP contribution in [0.4, 0.5) is 4.79 Å². The quantitative estimate of drug-likeness (QED) is 0.484. The van der Waals surface area contributed by atoms with Crippen LogP contribution in [0.2, 0.25) is 0 Å². The van der Waals surface area contributed by atoms with E-state index in [1.165, 1.54) is 7.11 Å². The van der Waals surface area contributed by atoms with E-state index in [1.807, 2.05) is 24.3 Å². The number of methoxy groups -OCH3 is 1. The smallest absolute Gasteiger partial charge is 0.407 e. The van der Waals surface area contributed by atoms with Gasteiger partial charge in [0.1, 0.15) is 6.61 Å². The van der Waals surface area contributed by atoms with Gasteiger partial charge < -0.3 is 19.9 Å². The first-order valence-electron chi connectivity index (χ1n) is 11.3. The van der Waals surface area contributed by atoms with Crippen molar-refractivity contribution in [3.63, 3.8) is 0 Å². The van der Waals surface area contributed by atoms with Gasteiger partial charge in [0.25, 0.3) is 0 Å². The van der Waals surface area contributed by atoms with Crippen LogP contribution in [0.5, 0.6) is 0 Å². The minimum Gasteiger partial charge on any atom is -0.479 e. The average Bonchev–Trinajstić information content (AvgIpc) is 3.43. The number of carboxylic acid groups (broad SMARTS) is 1. The maximum absolute atomic E-state index is 12.5. The van der Waals surface area contributed by atoms with Crippen LogP contribution in [0, 0.1) is 5.92 Å². The lowest BCUT2D eigenvalue weighted by Crippen LogP contribution is -2.40. The van der Waals surface area contributed by atoms with Gasteiger partial charge in [-0.15, -0.1) is 0 Å². The molecule has 4 rings (SSSR count). The maximum atomic E-state index is 12.5. The zero-order valence-electron chi connectivity index (χ0n) is 18.9. The summed E-state index contributed by atoms with van der Waals surface area (Å²) < 4.78 is 10.3. The van der Waals surface area contributed by atoms with Crippen LogP contribution >= 0.6 is 0 Å². The number of hydrogen-bond acceptors (Lipinski definition) is 6. The molecule has 0 bridgehead atoms. The number of ether oxygens (including phenoxy) is 2. The predicted molar refractivity (Wildman–Crippen MR) is 122 cm³/mol. The van der Waals surface area contributed by atoms with E-state index in [4.69, 9.17) is 19.4 Å². The third-order valence-corrected chi connectivity index (χ3v) is 6.36. The Labute approximate surface area is 197 Å². The maximum Gasteiger partial charge on any atom is 0.407 e. The molecule has 9 nitrogen and oxygen atoms in total. The molecule has 0 heterocycles. The molecule has 34 heavy (non-hydrogen) atoms. The Morgan fingerprint density at radius 2 is 1.68 bits per heavy atom. The van der Waals surface area contributed by atoms with Gasteiger partial charge in [0.2, 0.25) is 12.0 Å². The van der Waals surface area contributed by atoms with Crippen LogP contribution in [0.1, 0.15) is 36.3 Å². The fourth-order valence-corrected chi connectivity index (χ4v) is 4.68. The molecular weight excluding hydrogens is 440 g/mol. The molecule has 1 unspecified atom stereocenters. The summed E-state index contributed by atoms with van der Waals surface area (Å²) in [4.78, 5) is 40.8. The summed E-state index contributed by atoms with van der Waals surface area (Å²) in [5.41, 5.74) is 6.81. The number of fused-ring (bicyclic) bond motifs is 3. The summed E-state index contributed by atoms with van der Waals surface area (Å²) >= 11 is 0. The summed E-state index contributed by atoms with van der Waals surface area (Å²) in [5, 5.41) is 11.9. The monoisotopic (exact) mass is 468 g/mol. The number of carbonyl (C=O) groups excluding carboxylic acids is 2. The van der Waals surface area contributed by atoms with Gasteiger partial charge in [0.15, 0.2) is 0 Å². The van der Waals surface area contributed by atoms with Crippen molar-refractivity contribution in [3.8, 4) is 11.1 Å². The van der Waals surface area contributed by atoms with Crippen molar-refractivity contribution in [1.82, 2.24) is 10.8 Å². The van der Waals surface area contributed by atoms with Crippen LogP contribution in [0.3, 0.4) is 0 Å². The second-order valence-corrected chi connectivity index (χ2v) is 8.54. The molecule has 9 heteroatoms. The highest BCUT2D eigenvalue weighted by Crippen LogP contribution is 2.44. The predicted octanol–water partition coefficient (Wildman–Crippen LogP) is 2.84. The largest absolute Gasteiger partial charge is 0.479 e. The summed E-state index contributed by atoms with van der Waals surface area (Å²) in [7, 11) is 1.34. The van der Waals surface area contributed by atoms with Crippen LogP contribution in [0.25, 0.3) is 11.1 Å². The molecule has 2 amide bonds. The lowest BCUT2D eigenvalue weighted by molar-refractivity contribution is -0.166. The van der Waals surface area contributed by atoms with Crippen LogP contribution in [0.15, 0.2) is 48.5 Å². The van der Waals surface area contributed by atoms with E-state index in [0.717, 1.165) is 22.3 Å². The van der Waals surface area contributed by atoms with Crippen molar-refractivity contribution in [2.45, 2.75) is 37.3 Å². The van der Waals surface area contributed by atoms with E-state index < -0.39 is 30.0 Å². The van der Waals surface area contributed by atoms with Gasteiger partial charge in [-0.25, -0.2) is 15.1 Å². The third kappa shape index (κ3) is 5.21. The standard InChI is InChI=1S/C25H28N2O7/c1-32-14-22(24(29)30)34-27-23(28)15-10-11-16(12-15)26-25(31)33-13-21-19-8-4-2-6-17(19)18-7-3-5-9-20(18)21/h2-9,15-16,21-22H,10-14H2,1H3,(H,26,31)(H,27,28)(H,29,30)/t15-,16+,22?/m0/s1. The molecule has 2 aliphatic carbocycles. The molecule has 1 saturated carbocycles. The number of hydroxylamine groups is 1. The normalized spacial score (nSPS) is 19.7. The number of nitrogens with one attached hydrogen (secondary N) is 2. The minimum absolute atomic E-state index is 0.0216. The Hall–Kier alpha value is -3.43. The molecule has 0 aromatic heterocycles. The number of hydrogen-bond donors (Lipinski definition) is 3. The summed E-state index contributed by atoms with van der Waals surface area (Å²) in [6.45, 7) is 0.0344. The Morgan fingerprint density at radius 1 is 1.03 bits per heavy atom. The Bertz CT molecular complexity index is 1010. The van der Waals surface area contributed by atoms with Crippen molar-refractivity contribution in [1.29, 1.82) is 0 Å². The number of carboxylic acids is 1. The second kappa shape index (κ2) is 10.7. The minimum atomic E-state index is -1.29. The fourth-order valence-electron chi connectivity index (χ4n) is 4.68. The van der Waals surface area contributed by atoms with Crippen LogP contribution in [-0.4, -0.2) is 55.5 Å². The zero-order chi connectivity index (χ0) is 24.1. The summed E-state index contributed by atoms with van der Waals surface area (Å²) in [6.07, 6.45) is -0.226. The first-order valence-corrected chi connectivity index (χ1v) is 11.3. The molecule has 2 aromatic rings. The Morgan fingerprint density at radius 3 is 2.29 bits per heavy atom. The fraction of sp³-hybridized carbons (Fsp3) is 0.400. The van der Waals surface area contributed by atoms with Crippen LogP contribution < -0.4 is 10.8 Å². The second-order valence-electron chi connectivity index (χ2n) is 8.54. The number of amides is 2. The number of rotatable bonds is 9. The highest BCUT2D eigenvalue weighted by Gasteiger charge is 2.33. The highest BCUT2D eigenvalue weighted by atomic mass is 16.7. The molecule has 1 fully saturated rings. The molecule has 2 aliphatic rings.